The van der Waals surface area contributed by atoms with Crippen molar-refractivity contribution in [2.75, 3.05) is 6.61 Å². The lowest BCUT2D eigenvalue weighted by Gasteiger charge is -2.14. The van der Waals surface area contributed by atoms with Crippen LogP contribution in [0.25, 0.3) is 10.9 Å². The molecular weight excluding hydrogens is 520 g/mol. The van der Waals surface area contributed by atoms with E-state index in [9.17, 15) is 19.7 Å². The van der Waals surface area contributed by atoms with Crippen molar-refractivity contribution in [1.29, 1.82) is 0 Å². The Morgan fingerprint density at radius 3 is 2.66 bits per heavy atom. The summed E-state index contributed by atoms with van der Waals surface area (Å²) in [5, 5.41) is 16.4. The minimum atomic E-state index is -1.02. The molecule has 3 rings (SSSR count). The van der Waals surface area contributed by atoms with E-state index in [1.807, 2.05) is 19.9 Å². The number of fused-ring (bicyclic) bond motifs is 1. The quantitative estimate of drug-likeness (QED) is 0.164. The van der Waals surface area contributed by atoms with E-state index in [-0.39, 0.29) is 29.5 Å². The fourth-order valence-corrected chi connectivity index (χ4v) is 3.62. The molecule has 11 heteroatoms. The third-order valence-electron chi connectivity index (χ3n) is 5.31. The van der Waals surface area contributed by atoms with Gasteiger partial charge >= 0.3 is 11.7 Å². The number of aromatic nitrogens is 2. The van der Waals surface area contributed by atoms with E-state index in [0.29, 0.717) is 22.3 Å². The standard InChI is InChI=1S/C24H25BrN4O6/c1-5-14(3)22-27-19-9-8-17(25)12-18(19)23(30)28(22)26-13-16-7-10-21(20(11-16)29(32)33)35-15(4)24(31)34-6-2/h7-15H,5-6H2,1-4H3/t14-,15-/m1/s1. The molecule has 0 N–H and O–H groups in total. The number of nitrogens with zero attached hydrogens (tertiary/aromatic N) is 4. The van der Waals surface area contributed by atoms with E-state index >= 15 is 0 Å². The lowest BCUT2D eigenvalue weighted by atomic mass is 10.1. The van der Waals surface area contributed by atoms with Crippen LogP contribution in [0.3, 0.4) is 0 Å². The molecule has 0 unspecified atom stereocenters. The molecule has 0 aliphatic heterocycles. The van der Waals surface area contributed by atoms with Crippen LogP contribution in [-0.4, -0.2) is 39.5 Å². The minimum absolute atomic E-state index is 0.0534. The Morgan fingerprint density at radius 2 is 2.00 bits per heavy atom. The number of rotatable bonds is 9. The van der Waals surface area contributed by atoms with Crippen molar-refractivity contribution in [1.82, 2.24) is 9.66 Å². The highest BCUT2D eigenvalue weighted by atomic mass is 79.9. The van der Waals surface area contributed by atoms with Gasteiger partial charge in [0.2, 0.25) is 0 Å². The van der Waals surface area contributed by atoms with E-state index in [1.165, 1.54) is 29.9 Å². The number of nitro groups is 1. The molecule has 2 aromatic carbocycles. The van der Waals surface area contributed by atoms with Crippen molar-refractivity contribution in [2.24, 2.45) is 5.10 Å². The normalized spacial score (nSPS) is 13.1. The third-order valence-corrected chi connectivity index (χ3v) is 5.80. The van der Waals surface area contributed by atoms with Crippen LogP contribution in [0.2, 0.25) is 0 Å². The molecule has 184 valence electrons. The number of ether oxygens (including phenoxy) is 2. The lowest BCUT2D eigenvalue weighted by Crippen LogP contribution is -2.26. The highest BCUT2D eigenvalue weighted by Crippen LogP contribution is 2.29. The molecule has 0 saturated carbocycles. The zero-order valence-electron chi connectivity index (χ0n) is 19.7. The topological polar surface area (TPSA) is 126 Å². The summed E-state index contributed by atoms with van der Waals surface area (Å²) in [6, 6.07) is 9.44. The number of nitro benzene ring substituents is 1. The number of halogens is 1. The summed E-state index contributed by atoms with van der Waals surface area (Å²) in [6.07, 6.45) is 1.07. The monoisotopic (exact) mass is 544 g/mol. The van der Waals surface area contributed by atoms with Crippen molar-refractivity contribution >= 4 is 44.7 Å². The second-order valence-corrected chi connectivity index (χ2v) is 8.71. The zero-order chi connectivity index (χ0) is 25.7. The Labute approximate surface area is 209 Å². The van der Waals surface area contributed by atoms with Gasteiger partial charge in [-0.05, 0) is 50.6 Å². The Balaban J connectivity index is 2.03. The Hall–Kier alpha value is -3.60. The summed E-state index contributed by atoms with van der Waals surface area (Å²) in [5.41, 5.74) is 0.234. The molecule has 0 aliphatic rings. The molecule has 0 spiro atoms. The van der Waals surface area contributed by atoms with Gasteiger partial charge in [0.15, 0.2) is 11.9 Å². The van der Waals surface area contributed by atoms with Crippen molar-refractivity contribution in [2.45, 2.75) is 46.1 Å². The second-order valence-electron chi connectivity index (χ2n) is 7.80. The van der Waals surface area contributed by atoms with Gasteiger partial charge < -0.3 is 9.47 Å². The molecule has 0 aliphatic carbocycles. The van der Waals surface area contributed by atoms with Gasteiger partial charge in [0.05, 0.1) is 28.6 Å². The number of benzene rings is 2. The maximum absolute atomic E-state index is 13.2. The Kier molecular flexibility index (Phi) is 8.34. The molecule has 3 aromatic rings. The molecule has 0 saturated heterocycles. The fourth-order valence-electron chi connectivity index (χ4n) is 3.26. The zero-order valence-corrected chi connectivity index (χ0v) is 21.3. The SMILES string of the molecule is CCOC(=O)[C@@H](C)Oc1ccc(C=Nn2c([C@H](C)CC)nc3ccc(Br)cc3c2=O)cc1[N+](=O)[O-]. The van der Waals surface area contributed by atoms with Gasteiger partial charge in [0.1, 0.15) is 5.82 Å². The number of esters is 1. The molecule has 0 fully saturated rings. The number of carbonyl (C=O) groups excluding carboxylic acids is 1. The lowest BCUT2D eigenvalue weighted by molar-refractivity contribution is -0.386. The highest BCUT2D eigenvalue weighted by Gasteiger charge is 2.22. The first-order valence-corrected chi connectivity index (χ1v) is 11.8. The van der Waals surface area contributed by atoms with Crippen LogP contribution in [0.1, 0.15) is 51.4 Å². The van der Waals surface area contributed by atoms with Crippen LogP contribution >= 0.6 is 15.9 Å². The summed E-state index contributed by atoms with van der Waals surface area (Å²) in [5.74, 6) is -0.272. The van der Waals surface area contributed by atoms with Crippen LogP contribution in [-0.2, 0) is 9.53 Å². The van der Waals surface area contributed by atoms with Crippen molar-refractivity contribution in [3.8, 4) is 5.75 Å². The van der Waals surface area contributed by atoms with E-state index in [4.69, 9.17) is 9.47 Å². The summed E-state index contributed by atoms with van der Waals surface area (Å²) < 4.78 is 12.3. The first kappa shape index (κ1) is 26.0. The summed E-state index contributed by atoms with van der Waals surface area (Å²) in [7, 11) is 0. The summed E-state index contributed by atoms with van der Waals surface area (Å²) >= 11 is 3.37. The molecule has 2 atom stereocenters. The minimum Gasteiger partial charge on any atom is -0.472 e. The van der Waals surface area contributed by atoms with E-state index < -0.39 is 17.0 Å². The molecule has 0 bridgehead atoms. The molecule has 0 amide bonds. The molecule has 1 heterocycles. The Bertz CT molecular complexity index is 1350. The largest absolute Gasteiger partial charge is 0.472 e. The van der Waals surface area contributed by atoms with Crippen molar-refractivity contribution in [3.63, 3.8) is 0 Å². The predicted molar refractivity (Wildman–Crippen MR) is 135 cm³/mol. The highest BCUT2D eigenvalue weighted by molar-refractivity contribution is 9.10. The number of hydrogen-bond donors (Lipinski definition) is 0. The average Bonchev–Trinajstić information content (AvgIpc) is 2.83. The van der Waals surface area contributed by atoms with Gasteiger partial charge in [0.25, 0.3) is 5.56 Å². The van der Waals surface area contributed by atoms with Crippen LogP contribution in [0, 0.1) is 10.1 Å². The van der Waals surface area contributed by atoms with Gasteiger partial charge in [-0.15, -0.1) is 0 Å². The third kappa shape index (κ3) is 5.91. The molecule has 35 heavy (non-hydrogen) atoms. The van der Waals surface area contributed by atoms with E-state index in [1.54, 1.807) is 25.1 Å². The van der Waals surface area contributed by atoms with Crippen LogP contribution in [0.4, 0.5) is 5.69 Å². The molecule has 0 radical (unpaired) electrons. The van der Waals surface area contributed by atoms with Crippen molar-refractivity contribution in [3.05, 3.63) is 72.7 Å². The maximum Gasteiger partial charge on any atom is 0.347 e. The van der Waals surface area contributed by atoms with Gasteiger partial charge in [-0.2, -0.15) is 9.78 Å². The van der Waals surface area contributed by atoms with Gasteiger partial charge in [-0.3, -0.25) is 14.9 Å². The average molecular weight is 545 g/mol. The molecule has 1 aromatic heterocycles. The Morgan fingerprint density at radius 1 is 1.26 bits per heavy atom. The number of hydrogen-bond acceptors (Lipinski definition) is 8. The second kappa shape index (κ2) is 11.2. The van der Waals surface area contributed by atoms with E-state index in [2.05, 4.69) is 26.0 Å². The van der Waals surface area contributed by atoms with Crippen LogP contribution in [0.15, 0.2) is 50.8 Å². The van der Waals surface area contributed by atoms with Gasteiger partial charge in [0, 0.05) is 22.0 Å². The van der Waals surface area contributed by atoms with Crippen LogP contribution < -0.4 is 10.3 Å². The van der Waals surface area contributed by atoms with Gasteiger partial charge in [-0.1, -0.05) is 29.8 Å². The summed E-state index contributed by atoms with van der Waals surface area (Å²) in [6.45, 7) is 7.20. The molecular formula is C24H25BrN4O6. The number of carbonyl (C=O) groups is 1. The van der Waals surface area contributed by atoms with Crippen molar-refractivity contribution < 1.29 is 19.2 Å². The maximum atomic E-state index is 13.2. The first-order chi connectivity index (χ1) is 16.7. The van der Waals surface area contributed by atoms with Gasteiger partial charge in [-0.25, -0.2) is 9.78 Å². The first-order valence-electron chi connectivity index (χ1n) is 11.0. The van der Waals surface area contributed by atoms with E-state index in [0.717, 1.165) is 10.9 Å². The molecule has 10 nitrogen and oxygen atoms in total. The fraction of sp³-hybridized carbons (Fsp3) is 0.333. The van der Waals surface area contributed by atoms with Crippen LogP contribution in [0.5, 0.6) is 5.75 Å². The predicted octanol–water partition coefficient (Wildman–Crippen LogP) is 4.79. The summed E-state index contributed by atoms with van der Waals surface area (Å²) in [4.78, 5) is 40.7. The smallest absolute Gasteiger partial charge is 0.347 e.